The van der Waals surface area contributed by atoms with Gasteiger partial charge in [-0.25, -0.2) is 4.79 Å². The van der Waals surface area contributed by atoms with Crippen molar-refractivity contribution in [2.75, 3.05) is 0 Å². The molecule has 0 aliphatic rings. The maximum Gasteiger partial charge on any atom is 0.336 e. The molecule has 0 fully saturated rings. The highest BCUT2D eigenvalue weighted by molar-refractivity contribution is 5.91. The van der Waals surface area contributed by atoms with Crippen molar-refractivity contribution in [1.82, 2.24) is 0 Å². The summed E-state index contributed by atoms with van der Waals surface area (Å²) in [5.41, 5.74) is 4.72. The van der Waals surface area contributed by atoms with E-state index in [1.54, 1.807) is 0 Å². The number of aromatic carboxylic acids is 1. The minimum absolute atomic E-state index is 0.441. The molecular formula is C18H20O2. The van der Waals surface area contributed by atoms with E-state index in [9.17, 15) is 4.79 Å². The van der Waals surface area contributed by atoms with Crippen LogP contribution in [0.4, 0.5) is 0 Å². The number of benzene rings is 2. The van der Waals surface area contributed by atoms with E-state index in [1.807, 2.05) is 32.0 Å². The van der Waals surface area contributed by atoms with Gasteiger partial charge in [-0.15, -0.1) is 0 Å². The van der Waals surface area contributed by atoms with Crippen molar-refractivity contribution in [2.24, 2.45) is 0 Å². The van der Waals surface area contributed by atoms with Gasteiger partial charge in [0, 0.05) is 0 Å². The second kappa shape index (κ2) is 6.38. The number of carbonyl (C=O) groups is 1. The summed E-state index contributed by atoms with van der Waals surface area (Å²) >= 11 is 0. The standard InChI is InChI=1S/C18H20O2/c1-13-11-16(12-14(2)17(13)18(19)20)10-6-9-15-7-4-3-5-8-15/h3-5,7-8,11-12H,6,9-10H2,1-2H3,(H,19,20). The summed E-state index contributed by atoms with van der Waals surface area (Å²) in [5, 5.41) is 9.16. The first-order valence-electron chi connectivity index (χ1n) is 6.95. The fourth-order valence-electron chi connectivity index (χ4n) is 2.68. The van der Waals surface area contributed by atoms with Crippen LogP contribution in [-0.4, -0.2) is 11.1 Å². The summed E-state index contributed by atoms with van der Waals surface area (Å²) in [4.78, 5) is 11.2. The molecule has 0 bridgehead atoms. The first-order valence-corrected chi connectivity index (χ1v) is 6.95. The Kier molecular flexibility index (Phi) is 4.57. The Morgan fingerprint density at radius 1 is 0.950 bits per heavy atom. The Hall–Kier alpha value is -2.09. The lowest BCUT2D eigenvalue weighted by molar-refractivity contribution is 0.0695. The molecule has 2 rings (SSSR count). The summed E-state index contributed by atoms with van der Waals surface area (Å²) in [7, 11) is 0. The molecule has 0 aliphatic carbocycles. The van der Waals surface area contributed by atoms with E-state index in [0.29, 0.717) is 5.56 Å². The lowest BCUT2D eigenvalue weighted by Crippen LogP contribution is -2.04. The van der Waals surface area contributed by atoms with Crippen molar-refractivity contribution in [2.45, 2.75) is 33.1 Å². The fraction of sp³-hybridized carbons (Fsp3) is 0.278. The molecule has 0 saturated heterocycles. The van der Waals surface area contributed by atoms with E-state index in [0.717, 1.165) is 30.4 Å². The number of hydrogen-bond acceptors (Lipinski definition) is 1. The van der Waals surface area contributed by atoms with E-state index >= 15 is 0 Å². The van der Waals surface area contributed by atoms with E-state index in [2.05, 4.69) is 24.3 Å². The zero-order valence-electron chi connectivity index (χ0n) is 12.0. The van der Waals surface area contributed by atoms with Crippen molar-refractivity contribution in [3.63, 3.8) is 0 Å². The molecule has 20 heavy (non-hydrogen) atoms. The zero-order chi connectivity index (χ0) is 14.5. The molecule has 104 valence electrons. The molecule has 0 spiro atoms. The van der Waals surface area contributed by atoms with Crippen molar-refractivity contribution in [3.8, 4) is 0 Å². The molecule has 2 aromatic carbocycles. The molecule has 0 unspecified atom stereocenters. The third-order valence-corrected chi connectivity index (χ3v) is 3.58. The summed E-state index contributed by atoms with van der Waals surface area (Å²) in [6, 6.07) is 14.4. The molecule has 0 radical (unpaired) electrons. The second-order valence-electron chi connectivity index (χ2n) is 5.25. The minimum Gasteiger partial charge on any atom is -0.478 e. The van der Waals surface area contributed by atoms with Gasteiger partial charge >= 0.3 is 5.97 Å². The molecule has 2 aromatic rings. The second-order valence-corrected chi connectivity index (χ2v) is 5.25. The highest BCUT2D eigenvalue weighted by Gasteiger charge is 2.11. The average Bonchev–Trinajstić information content (AvgIpc) is 2.38. The number of carboxylic acids is 1. The smallest absolute Gasteiger partial charge is 0.336 e. The van der Waals surface area contributed by atoms with E-state index in [1.165, 1.54) is 11.1 Å². The monoisotopic (exact) mass is 268 g/mol. The van der Waals surface area contributed by atoms with Crippen LogP contribution in [0.5, 0.6) is 0 Å². The Labute approximate surface area is 120 Å². The maximum atomic E-state index is 11.2. The van der Waals surface area contributed by atoms with Gasteiger partial charge in [-0.1, -0.05) is 42.5 Å². The van der Waals surface area contributed by atoms with E-state index in [4.69, 9.17) is 5.11 Å². The van der Waals surface area contributed by atoms with Crippen molar-refractivity contribution in [3.05, 3.63) is 70.3 Å². The molecule has 0 aromatic heterocycles. The molecule has 0 amide bonds. The molecule has 0 heterocycles. The van der Waals surface area contributed by atoms with E-state index in [-0.39, 0.29) is 0 Å². The van der Waals surface area contributed by atoms with Gasteiger partial charge in [-0.3, -0.25) is 0 Å². The quantitative estimate of drug-likeness (QED) is 0.883. The minimum atomic E-state index is -0.837. The van der Waals surface area contributed by atoms with Gasteiger partial charge in [-0.2, -0.15) is 0 Å². The SMILES string of the molecule is Cc1cc(CCCc2ccccc2)cc(C)c1C(=O)O. The first kappa shape index (κ1) is 14.3. The third-order valence-electron chi connectivity index (χ3n) is 3.58. The van der Waals surface area contributed by atoms with Crippen LogP contribution in [0.25, 0.3) is 0 Å². The van der Waals surface area contributed by atoms with Crippen LogP contribution in [0.3, 0.4) is 0 Å². The Balaban J connectivity index is 2.02. The van der Waals surface area contributed by atoms with Gasteiger partial charge < -0.3 is 5.11 Å². The summed E-state index contributed by atoms with van der Waals surface area (Å²) in [5.74, 6) is -0.837. The fourth-order valence-corrected chi connectivity index (χ4v) is 2.68. The molecule has 0 saturated carbocycles. The number of rotatable bonds is 5. The van der Waals surface area contributed by atoms with Crippen LogP contribution in [0.1, 0.15) is 39.0 Å². The highest BCUT2D eigenvalue weighted by atomic mass is 16.4. The van der Waals surface area contributed by atoms with Crippen LogP contribution >= 0.6 is 0 Å². The lowest BCUT2D eigenvalue weighted by Gasteiger charge is -2.09. The molecule has 0 aliphatic heterocycles. The predicted octanol–water partition coefficient (Wildman–Crippen LogP) is 4.18. The van der Waals surface area contributed by atoms with Crippen LogP contribution in [-0.2, 0) is 12.8 Å². The molecule has 2 nitrogen and oxygen atoms in total. The molecular weight excluding hydrogens is 248 g/mol. The van der Waals surface area contributed by atoms with Gasteiger partial charge in [0.1, 0.15) is 0 Å². The van der Waals surface area contributed by atoms with Crippen LogP contribution in [0.15, 0.2) is 42.5 Å². The van der Waals surface area contributed by atoms with Crippen LogP contribution in [0, 0.1) is 13.8 Å². The predicted molar refractivity (Wildman–Crippen MR) is 81.3 cm³/mol. The number of hydrogen-bond donors (Lipinski definition) is 1. The van der Waals surface area contributed by atoms with Gasteiger partial charge in [-0.05, 0) is 55.4 Å². The topological polar surface area (TPSA) is 37.3 Å². The Morgan fingerprint density at radius 2 is 1.50 bits per heavy atom. The average molecular weight is 268 g/mol. The lowest BCUT2D eigenvalue weighted by atomic mass is 9.96. The number of aryl methyl sites for hydroxylation is 4. The molecule has 1 N–H and O–H groups in total. The first-order chi connectivity index (χ1) is 9.58. The van der Waals surface area contributed by atoms with Gasteiger partial charge in [0.05, 0.1) is 5.56 Å². The Bertz CT molecular complexity index is 577. The van der Waals surface area contributed by atoms with Crippen molar-refractivity contribution in [1.29, 1.82) is 0 Å². The third kappa shape index (κ3) is 3.47. The largest absolute Gasteiger partial charge is 0.478 e. The number of carboxylic acid groups (broad SMARTS) is 1. The normalized spacial score (nSPS) is 10.5. The maximum absolute atomic E-state index is 11.2. The highest BCUT2D eigenvalue weighted by Crippen LogP contribution is 2.18. The summed E-state index contributed by atoms with van der Waals surface area (Å²) in [6.45, 7) is 3.74. The van der Waals surface area contributed by atoms with Crippen LogP contribution < -0.4 is 0 Å². The summed E-state index contributed by atoms with van der Waals surface area (Å²) in [6.07, 6.45) is 3.12. The Morgan fingerprint density at radius 3 is 2.05 bits per heavy atom. The summed E-state index contributed by atoms with van der Waals surface area (Å²) < 4.78 is 0. The zero-order valence-corrected chi connectivity index (χ0v) is 12.0. The van der Waals surface area contributed by atoms with Gasteiger partial charge in [0.2, 0.25) is 0 Å². The molecule has 0 atom stereocenters. The van der Waals surface area contributed by atoms with Crippen LogP contribution in [0.2, 0.25) is 0 Å². The van der Waals surface area contributed by atoms with E-state index < -0.39 is 5.97 Å². The molecule has 2 heteroatoms. The van der Waals surface area contributed by atoms with Crippen molar-refractivity contribution >= 4 is 5.97 Å². The van der Waals surface area contributed by atoms with Gasteiger partial charge in [0.15, 0.2) is 0 Å². The van der Waals surface area contributed by atoms with Gasteiger partial charge in [0.25, 0.3) is 0 Å². The van der Waals surface area contributed by atoms with Crippen molar-refractivity contribution < 1.29 is 9.90 Å².